The number of hydrogen-bond acceptors (Lipinski definition) is 7. The van der Waals surface area contributed by atoms with Gasteiger partial charge in [-0.15, -0.1) is 0 Å². The van der Waals surface area contributed by atoms with Crippen molar-refractivity contribution in [3.05, 3.63) is 28.7 Å². The molecule has 4 heterocycles. The van der Waals surface area contributed by atoms with Crippen LogP contribution in [0.4, 0.5) is 11.8 Å². The average molecular weight is 455 g/mol. The number of fused-ring (bicyclic) bond motifs is 1. The Hall–Kier alpha value is -3.17. The summed E-state index contributed by atoms with van der Waals surface area (Å²) in [5.74, 6) is 1.24. The average Bonchev–Trinajstić information content (AvgIpc) is 3.33. The van der Waals surface area contributed by atoms with Gasteiger partial charge in [0.1, 0.15) is 11.5 Å². The van der Waals surface area contributed by atoms with Gasteiger partial charge in [-0.1, -0.05) is 0 Å². The Balaban J connectivity index is 1.67. The van der Waals surface area contributed by atoms with Crippen LogP contribution in [0.25, 0.3) is 0 Å². The summed E-state index contributed by atoms with van der Waals surface area (Å²) in [6.07, 6.45) is 1.89. The van der Waals surface area contributed by atoms with Crippen molar-refractivity contribution in [3.63, 3.8) is 0 Å². The van der Waals surface area contributed by atoms with Gasteiger partial charge in [0, 0.05) is 62.5 Å². The molecule has 10 heteroatoms. The van der Waals surface area contributed by atoms with Gasteiger partial charge in [-0.05, 0) is 34.6 Å². The summed E-state index contributed by atoms with van der Waals surface area (Å²) in [5.41, 5.74) is 3.53. The number of hydrogen-bond donors (Lipinski definition) is 1. The second kappa shape index (κ2) is 8.99. The highest BCUT2D eigenvalue weighted by Crippen LogP contribution is 2.33. The summed E-state index contributed by atoms with van der Waals surface area (Å²) in [6, 6.07) is 0.0412. The van der Waals surface area contributed by atoms with E-state index in [0.717, 1.165) is 23.4 Å². The van der Waals surface area contributed by atoms with E-state index in [-0.39, 0.29) is 23.9 Å². The molecule has 4 rings (SSSR count). The molecule has 2 amide bonds. The molecule has 33 heavy (non-hydrogen) atoms. The summed E-state index contributed by atoms with van der Waals surface area (Å²) >= 11 is 0. The minimum Gasteiger partial charge on any atom is -0.363 e. The van der Waals surface area contributed by atoms with Gasteiger partial charge in [0.25, 0.3) is 5.91 Å². The lowest BCUT2D eigenvalue weighted by Gasteiger charge is -2.34. The van der Waals surface area contributed by atoms with E-state index in [9.17, 15) is 9.59 Å². The standard InChI is InChI=1S/C23H34N8O2/c1-7-31-16(5)18(12-24-31)15(4)25-21-19-13-30(14(2)3)22(33)20(19)26-23(27-21)29-10-8-28(9-11-29)17(6)32/h12,14-15H,7-11,13H2,1-6H3,(H,25,26,27). The molecule has 0 aromatic carbocycles. The molecule has 0 radical (unpaired) electrons. The Kier molecular flexibility index (Phi) is 6.27. The molecule has 2 aromatic rings. The van der Waals surface area contributed by atoms with Crippen molar-refractivity contribution in [3.8, 4) is 0 Å². The van der Waals surface area contributed by atoms with Crippen LogP contribution >= 0.6 is 0 Å². The van der Waals surface area contributed by atoms with Crippen LogP contribution < -0.4 is 10.2 Å². The molecule has 2 aliphatic heterocycles. The molecule has 2 aromatic heterocycles. The van der Waals surface area contributed by atoms with Gasteiger partial charge in [-0.25, -0.2) is 4.98 Å². The minimum absolute atomic E-state index is 0.0325. The van der Waals surface area contributed by atoms with E-state index in [0.29, 0.717) is 50.2 Å². The van der Waals surface area contributed by atoms with E-state index in [1.165, 1.54) is 0 Å². The normalized spacial score (nSPS) is 17.1. The highest BCUT2D eigenvalue weighted by Gasteiger charge is 2.35. The van der Waals surface area contributed by atoms with E-state index in [2.05, 4.69) is 36.1 Å². The Morgan fingerprint density at radius 1 is 1.15 bits per heavy atom. The number of carbonyl (C=O) groups is 2. The molecule has 0 aliphatic carbocycles. The summed E-state index contributed by atoms with van der Waals surface area (Å²) in [6.45, 7) is 15.7. The van der Waals surface area contributed by atoms with Crippen molar-refractivity contribution in [1.82, 2.24) is 29.5 Å². The van der Waals surface area contributed by atoms with Crippen LogP contribution in [0.2, 0.25) is 0 Å². The SMILES string of the molecule is CCn1ncc(C(C)Nc2nc(N3CCN(C(C)=O)CC3)nc3c2CN(C(C)C)C3=O)c1C. The van der Waals surface area contributed by atoms with Crippen LogP contribution in [-0.4, -0.2) is 73.6 Å². The van der Waals surface area contributed by atoms with Crippen molar-refractivity contribution in [1.29, 1.82) is 0 Å². The zero-order valence-corrected chi connectivity index (χ0v) is 20.4. The van der Waals surface area contributed by atoms with Gasteiger partial charge in [-0.2, -0.15) is 10.1 Å². The minimum atomic E-state index is -0.0586. The lowest BCUT2D eigenvalue weighted by atomic mass is 10.1. The maximum absolute atomic E-state index is 13.1. The van der Waals surface area contributed by atoms with Gasteiger partial charge in [0.15, 0.2) is 0 Å². The van der Waals surface area contributed by atoms with Crippen LogP contribution in [0.5, 0.6) is 0 Å². The van der Waals surface area contributed by atoms with Crippen molar-refractivity contribution in [2.45, 2.75) is 66.7 Å². The number of piperazine rings is 1. The third-order valence-electron chi connectivity index (χ3n) is 6.68. The van der Waals surface area contributed by atoms with Gasteiger partial charge in [-0.3, -0.25) is 14.3 Å². The highest BCUT2D eigenvalue weighted by molar-refractivity contribution is 5.98. The third kappa shape index (κ3) is 4.26. The summed E-state index contributed by atoms with van der Waals surface area (Å²) in [7, 11) is 0. The fourth-order valence-electron chi connectivity index (χ4n) is 4.56. The first-order valence-electron chi connectivity index (χ1n) is 11.7. The van der Waals surface area contributed by atoms with E-state index in [4.69, 9.17) is 9.97 Å². The molecule has 1 saturated heterocycles. The molecule has 0 saturated carbocycles. The zero-order valence-electron chi connectivity index (χ0n) is 20.4. The zero-order chi connectivity index (χ0) is 23.9. The van der Waals surface area contributed by atoms with Gasteiger partial charge >= 0.3 is 0 Å². The molecule has 1 atom stereocenters. The number of rotatable bonds is 6. The van der Waals surface area contributed by atoms with Gasteiger partial charge in [0.05, 0.1) is 18.8 Å². The summed E-state index contributed by atoms with van der Waals surface area (Å²) in [5, 5.41) is 8.02. The highest BCUT2D eigenvalue weighted by atomic mass is 16.2. The summed E-state index contributed by atoms with van der Waals surface area (Å²) in [4.78, 5) is 40.1. The number of amides is 2. The molecule has 10 nitrogen and oxygen atoms in total. The topological polar surface area (TPSA) is 99.5 Å². The molecular weight excluding hydrogens is 420 g/mol. The first-order chi connectivity index (χ1) is 15.7. The largest absolute Gasteiger partial charge is 0.363 e. The second-order valence-corrected chi connectivity index (χ2v) is 9.09. The molecule has 178 valence electrons. The molecule has 1 N–H and O–H groups in total. The number of anilines is 2. The fraction of sp³-hybridized carbons (Fsp3) is 0.609. The van der Waals surface area contributed by atoms with Crippen LogP contribution in [0.1, 0.15) is 68.0 Å². The Bertz CT molecular complexity index is 1050. The van der Waals surface area contributed by atoms with Gasteiger partial charge < -0.3 is 20.0 Å². The quantitative estimate of drug-likeness (QED) is 0.714. The summed E-state index contributed by atoms with van der Waals surface area (Å²) < 4.78 is 1.97. The van der Waals surface area contributed by atoms with Crippen molar-refractivity contribution in [2.75, 3.05) is 36.4 Å². The molecule has 0 bridgehead atoms. The predicted octanol–water partition coefficient (Wildman–Crippen LogP) is 2.21. The number of nitrogens with zero attached hydrogens (tertiary/aromatic N) is 7. The van der Waals surface area contributed by atoms with Crippen molar-refractivity contribution in [2.24, 2.45) is 0 Å². The molecule has 0 spiro atoms. The van der Waals surface area contributed by atoms with Crippen LogP contribution in [0.15, 0.2) is 6.20 Å². The smallest absolute Gasteiger partial charge is 0.273 e. The van der Waals surface area contributed by atoms with Crippen molar-refractivity contribution < 1.29 is 9.59 Å². The van der Waals surface area contributed by atoms with Crippen LogP contribution in [0.3, 0.4) is 0 Å². The Morgan fingerprint density at radius 3 is 2.42 bits per heavy atom. The number of nitrogens with one attached hydrogen (secondary N) is 1. The maximum atomic E-state index is 13.1. The van der Waals surface area contributed by atoms with E-state index in [1.54, 1.807) is 6.92 Å². The van der Waals surface area contributed by atoms with E-state index >= 15 is 0 Å². The fourth-order valence-corrected chi connectivity index (χ4v) is 4.56. The first-order valence-corrected chi connectivity index (χ1v) is 11.7. The number of aromatic nitrogens is 4. The molecule has 1 unspecified atom stereocenters. The van der Waals surface area contributed by atoms with Crippen LogP contribution in [0, 0.1) is 6.92 Å². The van der Waals surface area contributed by atoms with Crippen LogP contribution in [-0.2, 0) is 17.9 Å². The molecule has 2 aliphatic rings. The lowest BCUT2D eigenvalue weighted by Crippen LogP contribution is -2.48. The maximum Gasteiger partial charge on any atom is 0.273 e. The van der Waals surface area contributed by atoms with E-state index in [1.807, 2.05) is 34.5 Å². The third-order valence-corrected chi connectivity index (χ3v) is 6.68. The number of aryl methyl sites for hydroxylation is 1. The predicted molar refractivity (Wildman–Crippen MR) is 126 cm³/mol. The Labute approximate surface area is 195 Å². The number of carbonyl (C=O) groups excluding carboxylic acids is 2. The molecule has 1 fully saturated rings. The monoisotopic (exact) mass is 454 g/mol. The molecular formula is C23H34N8O2. The van der Waals surface area contributed by atoms with Gasteiger partial charge in [0.2, 0.25) is 11.9 Å². The lowest BCUT2D eigenvalue weighted by molar-refractivity contribution is -0.129. The van der Waals surface area contributed by atoms with Crippen molar-refractivity contribution >= 4 is 23.6 Å². The first kappa shape index (κ1) is 23.0. The van der Waals surface area contributed by atoms with E-state index < -0.39 is 0 Å². The second-order valence-electron chi connectivity index (χ2n) is 9.09. The Morgan fingerprint density at radius 2 is 1.85 bits per heavy atom.